The monoisotopic (exact) mass is 376 g/mol. The Balaban J connectivity index is 1.81. The average molecular weight is 376 g/mol. The summed E-state index contributed by atoms with van der Waals surface area (Å²) in [5.41, 5.74) is 5.21. The van der Waals surface area contributed by atoms with Gasteiger partial charge in [-0.2, -0.15) is 0 Å². The zero-order chi connectivity index (χ0) is 19.6. The maximum atomic E-state index is 5.63. The first kappa shape index (κ1) is 17.4. The van der Waals surface area contributed by atoms with Gasteiger partial charge >= 0.3 is 0 Å². The van der Waals surface area contributed by atoms with Crippen molar-refractivity contribution in [2.24, 2.45) is 0 Å². The van der Waals surface area contributed by atoms with E-state index in [4.69, 9.17) is 9.72 Å². The van der Waals surface area contributed by atoms with Crippen LogP contribution in [0.2, 0.25) is 0 Å². The lowest BCUT2D eigenvalue weighted by molar-refractivity contribution is 0.340. The second kappa shape index (κ2) is 7.36. The Labute approximate surface area is 169 Å². The molecule has 3 nitrogen and oxygen atoms in total. The summed E-state index contributed by atoms with van der Waals surface area (Å²) in [7, 11) is 0. The van der Waals surface area contributed by atoms with Gasteiger partial charge in [-0.1, -0.05) is 42.5 Å². The third-order valence-electron chi connectivity index (χ3n) is 5.13. The maximum Gasteiger partial charge on any atom is 0.119 e. The van der Waals surface area contributed by atoms with E-state index >= 15 is 0 Å². The van der Waals surface area contributed by atoms with E-state index in [1.54, 1.807) is 6.20 Å². The van der Waals surface area contributed by atoms with E-state index < -0.39 is 0 Å². The highest BCUT2D eigenvalue weighted by Crippen LogP contribution is 2.36. The molecule has 29 heavy (non-hydrogen) atoms. The van der Waals surface area contributed by atoms with E-state index in [0.717, 1.165) is 33.7 Å². The fourth-order valence-electron chi connectivity index (χ4n) is 3.79. The van der Waals surface area contributed by atoms with Crippen molar-refractivity contribution in [2.75, 3.05) is 6.61 Å². The van der Waals surface area contributed by atoms with Gasteiger partial charge in [0.05, 0.1) is 17.8 Å². The lowest BCUT2D eigenvalue weighted by Crippen LogP contribution is -1.93. The molecule has 2 aromatic heterocycles. The third-order valence-corrected chi connectivity index (χ3v) is 5.13. The Morgan fingerprint density at radius 1 is 0.828 bits per heavy atom. The Hall–Kier alpha value is -3.72. The second-order valence-electron chi connectivity index (χ2n) is 6.93. The van der Waals surface area contributed by atoms with Crippen molar-refractivity contribution < 1.29 is 4.74 Å². The van der Waals surface area contributed by atoms with Crippen LogP contribution in [-0.2, 0) is 0 Å². The van der Waals surface area contributed by atoms with Gasteiger partial charge < -0.3 is 4.74 Å². The highest BCUT2D eigenvalue weighted by atomic mass is 16.5. The molecule has 0 atom stereocenters. The van der Waals surface area contributed by atoms with Gasteiger partial charge in [-0.25, -0.2) is 4.98 Å². The van der Waals surface area contributed by atoms with Crippen LogP contribution in [0.3, 0.4) is 0 Å². The minimum absolute atomic E-state index is 0.660. The molecule has 2 heterocycles. The smallest absolute Gasteiger partial charge is 0.119 e. The number of ether oxygens (including phenoxy) is 1. The molecular formula is C26H20N2O. The van der Waals surface area contributed by atoms with Crippen molar-refractivity contribution in [1.29, 1.82) is 0 Å². The molecule has 3 heteroatoms. The van der Waals surface area contributed by atoms with E-state index in [1.807, 2.05) is 37.4 Å². The third kappa shape index (κ3) is 3.21. The Morgan fingerprint density at radius 2 is 1.69 bits per heavy atom. The maximum absolute atomic E-state index is 5.63. The van der Waals surface area contributed by atoms with Gasteiger partial charge in [0.25, 0.3) is 0 Å². The quantitative estimate of drug-likeness (QED) is 0.335. The number of hydrogen-bond donors (Lipinski definition) is 0. The van der Waals surface area contributed by atoms with Crippen LogP contribution in [0.15, 0.2) is 91.3 Å². The van der Waals surface area contributed by atoms with Crippen LogP contribution in [0.1, 0.15) is 6.92 Å². The molecule has 0 fully saturated rings. The summed E-state index contributed by atoms with van der Waals surface area (Å²) in [6.07, 6.45) is 3.64. The molecule has 0 bridgehead atoms. The topological polar surface area (TPSA) is 35.0 Å². The minimum Gasteiger partial charge on any atom is -0.494 e. The largest absolute Gasteiger partial charge is 0.494 e. The van der Waals surface area contributed by atoms with E-state index in [1.165, 1.54) is 16.2 Å². The molecule has 0 aliphatic carbocycles. The van der Waals surface area contributed by atoms with Gasteiger partial charge in [0.2, 0.25) is 0 Å². The number of nitrogens with zero attached hydrogens (tertiary/aromatic N) is 2. The van der Waals surface area contributed by atoms with Crippen LogP contribution >= 0.6 is 0 Å². The Morgan fingerprint density at radius 3 is 2.48 bits per heavy atom. The molecule has 5 rings (SSSR count). The van der Waals surface area contributed by atoms with Gasteiger partial charge in [0, 0.05) is 23.3 Å². The van der Waals surface area contributed by atoms with Crippen molar-refractivity contribution >= 4 is 21.7 Å². The van der Waals surface area contributed by atoms with Crippen LogP contribution in [-0.4, -0.2) is 16.6 Å². The highest BCUT2D eigenvalue weighted by molar-refractivity contribution is 6.13. The molecule has 0 saturated carbocycles. The van der Waals surface area contributed by atoms with Crippen LogP contribution in [0.25, 0.3) is 44.1 Å². The molecule has 0 N–H and O–H groups in total. The minimum atomic E-state index is 0.660. The van der Waals surface area contributed by atoms with Gasteiger partial charge in [-0.3, -0.25) is 4.98 Å². The number of benzene rings is 3. The summed E-state index contributed by atoms with van der Waals surface area (Å²) in [5, 5.41) is 3.59. The van der Waals surface area contributed by atoms with Gasteiger partial charge in [0.1, 0.15) is 5.75 Å². The fraction of sp³-hybridized carbons (Fsp3) is 0.0769. The Bertz CT molecular complexity index is 1300. The molecule has 0 aliphatic heterocycles. The predicted molar refractivity (Wildman–Crippen MR) is 119 cm³/mol. The molecule has 0 aliphatic rings. The lowest BCUT2D eigenvalue weighted by atomic mass is 9.95. The lowest BCUT2D eigenvalue weighted by Gasteiger charge is -2.13. The Kier molecular flexibility index (Phi) is 4.41. The SMILES string of the molecule is CCOc1ccc(-c2cc(-c3cccnc3)nc3ccc4ccccc4c23)cc1. The molecule has 0 spiro atoms. The molecule has 3 aromatic carbocycles. The van der Waals surface area contributed by atoms with E-state index in [2.05, 4.69) is 59.6 Å². The molecule has 0 unspecified atom stereocenters. The van der Waals surface area contributed by atoms with E-state index in [-0.39, 0.29) is 0 Å². The summed E-state index contributed by atoms with van der Waals surface area (Å²) in [6.45, 7) is 2.66. The summed E-state index contributed by atoms with van der Waals surface area (Å²) >= 11 is 0. The zero-order valence-electron chi connectivity index (χ0n) is 16.2. The summed E-state index contributed by atoms with van der Waals surface area (Å²) in [6, 6.07) is 27.2. The molecule has 0 amide bonds. The van der Waals surface area contributed by atoms with Crippen LogP contribution in [0.4, 0.5) is 0 Å². The summed E-state index contributed by atoms with van der Waals surface area (Å²) in [4.78, 5) is 9.23. The number of aromatic nitrogens is 2. The van der Waals surface area contributed by atoms with Crippen molar-refractivity contribution in [1.82, 2.24) is 9.97 Å². The first-order chi connectivity index (χ1) is 14.3. The molecule has 5 aromatic rings. The zero-order valence-corrected chi connectivity index (χ0v) is 16.2. The molecule has 0 radical (unpaired) electrons. The predicted octanol–water partition coefficient (Wildman–Crippen LogP) is 6.52. The average Bonchev–Trinajstić information content (AvgIpc) is 2.79. The molecular weight excluding hydrogens is 356 g/mol. The van der Waals surface area contributed by atoms with Crippen molar-refractivity contribution in [2.45, 2.75) is 6.92 Å². The summed E-state index contributed by atoms with van der Waals surface area (Å²) in [5.74, 6) is 0.881. The first-order valence-corrected chi connectivity index (χ1v) is 9.79. The summed E-state index contributed by atoms with van der Waals surface area (Å²) < 4.78 is 5.63. The fourth-order valence-corrected chi connectivity index (χ4v) is 3.79. The number of fused-ring (bicyclic) bond motifs is 3. The van der Waals surface area contributed by atoms with Crippen LogP contribution in [0.5, 0.6) is 5.75 Å². The van der Waals surface area contributed by atoms with Crippen molar-refractivity contribution in [3.8, 4) is 28.1 Å². The van der Waals surface area contributed by atoms with Crippen molar-refractivity contribution in [3.63, 3.8) is 0 Å². The van der Waals surface area contributed by atoms with Crippen LogP contribution < -0.4 is 4.74 Å². The van der Waals surface area contributed by atoms with Crippen LogP contribution in [0, 0.1) is 0 Å². The van der Waals surface area contributed by atoms with E-state index in [9.17, 15) is 0 Å². The van der Waals surface area contributed by atoms with Gasteiger partial charge in [-0.05, 0) is 65.2 Å². The van der Waals surface area contributed by atoms with Gasteiger partial charge in [0.15, 0.2) is 0 Å². The van der Waals surface area contributed by atoms with Gasteiger partial charge in [-0.15, -0.1) is 0 Å². The van der Waals surface area contributed by atoms with Crippen molar-refractivity contribution in [3.05, 3.63) is 91.3 Å². The number of hydrogen-bond acceptors (Lipinski definition) is 3. The molecule has 140 valence electrons. The normalized spacial score (nSPS) is 11.1. The van der Waals surface area contributed by atoms with E-state index in [0.29, 0.717) is 6.61 Å². The highest BCUT2D eigenvalue weighted by Gasteiger charge is 2.13. The second-order valence-corrected chi connectivity index (χ2v) is 6.93. The number of rotatable bonds is 4. The number of pyridine rings is 2. The standard InChI is InChI=1S/C26H20N2O/c1-2-29-21-12-9-19(10-13-21)23-16-25(20-7-5-15-27-17-20)28-24-14-11-18-6-3-4-8-22(18)26(23)24/h3-17H,2H2,1H3. The molecule has 0 saturated heterocycles. The first-order valence-electron chi connectivity index (χ1n) is 9.79.